The van der Waals surface area contributed by atoms with E-state index < -0.39 is 58.8 Å². The van der Waals surface area contributed by atoms with E-state index in [9.17, 15) is 29.4 Å². The maximum atomic E-state index is 13.8. The maximum Gasteiger partial charge on any atom is 0.336 e. The van der Waals surface area contributed by atoms with Gasteiger partial charge in [-0.2, -0.15) is 0 Å². The van der Waals surface area contributed by atoms with Crippen LogP contribution in [0.2, 0.25) is 0 Å². The van der Waals surface area contributed by atoms with Gasteiger partial charge in [0.05, 0.1) is 72.8 Å². The summed E-state index contributed by atoms with van der Waals surface area (Å²) in [7, 11) is 0. The Morgan fingerprint density at radius 3 is 1.19 bits per heavy atom. The number of ether oxygens (including phenoxy) is 6. The summed E-state index contributed by atoms with van der Waals surface area (Å²) in [6.45, 7) is 18.8. The standard InChI is InChI=1S/C48H68N2O12/c1-11-57-43(51)39-35(27-47(9,55)41(45(53)59-13-3)37(39)31-17-21-33(22-18-31)61-29(5)6)49-25-15-16-26-50-36-28-48(10,56)42(46(54)60-14-4)38(40(36)44(52)58-12-2)32-19-23-34(24-20-32)62-30(7)8/h17-24,29-30,37-38,41-42,49-50,55-56H,11-16,25-28H2,1-10H3. The molecule has 6 unspecified atom stereocenters. The minimum Gasteiger partial charge on any atom is -0.491 e. The topological polar surface area (TPSA) is 188 Å². The number of hydrogen-bond acceptors (Lipinski definition) is 14. The average Bonchev–Trinajstić information content (AvgIpc) is 3.18. The molecular formula is C48H68N2O12. The van der Waals surface area contributed by atoms with Crippen molar-refractivity contribution in [3.05, 3.63) is 82.2 Å². The largest absolute Gasteiger partial charge is 0.491 e. The molecule has 14 heteroatoms. The second-order valence-corrected chi connectivity index (χ2v) is 16.7. The number of hydrogen-bond donors (Lipinski definition) is 4. The zero-order chi connectivity index (χ0) is 45.8. The van der Waals surface area contributed by atoms with Gasteiger partial charge in [-0.15, -0.1) is 0 Å². The molecule has 2 aliphatic carbocycles. The molecule has 0 bridgehead atoms. The van der Waals surface area contributed by atoms with E-state index in [0.29, 0.717) is 60.0 Å². The van der Waals surface area contributed by atoms with Crippen molar-refractivity contribution in [2.75, 3.05) is 39.5 Å². The van der Waals surface area contributed by atoms with Gasteiger partial charge in [-0.05, 0) is 117 Å². The molecule has 0 aromatic heterocycles. The molecule has 0 spiro atoms. The Kier molecular flexibility index (Phi) is 17.9. The smallest absolute Gasteiger partial charge is 0.336 e. The first kappa shape index (κ1) is 49.6. The van der Waals surface area contributed by atoms with E-state index >= 15 is 0 Å². The Hall–Kier alpha value is -5.08. The molecular weight excluding hydrogens is 797 g/mol. The van der Waals surface area contributed by atoms with Gasteiger partial charge in [0.2, 0.25) is 0 Å². The zero-order valence-corrected chi connectivity index (χ0v) is 38.1. The lowest BCUT2D eigenvalue weighted by atomic mass is 9.65. The van der Waals surface area contributed by atoms with Gasteiger partial charge in [-0.3, -0.25) is 9.59 Å². The zero-order valence-electron chi connectivity index (χ0n) is 38.1. The Balaban J connectivity index is 1.64. The van der Waals surface area contributed by atoms with Gasteiger partial charge in [0.25, 0.3) is 0 Å². The van der Waals surface area contributed by atoms with Gasteiger partial charge in [0, 0.05) is 49.2 Å². The van der Waals surface area contributed by atoms with Crippen molar-refractivity contribution in [1.29, 1.82) is 0 Å². The summed E-state index contributed by atoms with van der Waals surface area (Å²) in [5.41, 5.74) is -0.565. The van der Waals surface area contributed by atoms with Crippen LogP contribution in [-0.2, 0) is 38.1 Å². The van der Waals surface area contributed by atoms with Crippen LogP contribution >= 0.6 is 0 Å². The Morgan fingerprint density at radius 1 is 0.581 bits per heavy atom. The summed E-state index contributed by atoms with van der Waals surface area (Å²) in [5, 5.41) is 30.7. The van der Waals surface area contributed by atoms with E-state index in [1.165, 1.54) is 0 Å². The molecule has 2 aliphatic rings. The normalized spacial score (nSPS) is 23.8. The van der Waals surface area contributed by atoms with E-state index in [1.807, 2.05) is 27.7 Å². The van der Waals surface area contributed by atoms with Crippen molar-refractivity contribution in [3.8, 4) is 11.5 Å². The third-order valence-electron chi connectivity index (χ3n) is 10.9. The molecule has 6 atom stereocenters. The number of nitrogens with one attached hydrogen (secondary N) is 2. The summed E-state index contributed by atoms with van der Waals surface area (Å²) >= 11 is 0. The van der Waals surface area contributed by atoms with E-state index in [1.54, 1.807) is 90.1 Å². The summed E-state index contributed by atoms with van der Waals surface area (Å²) in [6, 6.07) is 14.2. The number of esters is 4. The van der Waals surface area contributed by atoms with E-state index in [2.05, 4.69) is 10.6 Å². The van der Waals surface area contributed by atoms with Crippen LogP contribution in [0.5, 0.6) is 11.5 Å². The van der Waals surface area contributed by atoms with Crippen LogP contribution < -0.4 is 20.1 Å². The molecule has 2 aromatic rings. The molecule has 0 saturated carbocycles. The summed E-state index contributed by atoms with van der Waals surface area (Å²) in [6.07, 6.45) is 0.956. The summed E-state index contributed by atoms with van der Waals surface area (Å²) < 4.78 is 33.8. The molecule has 2 aromatic carbocycles. The highest BCUT2D eigenvalue weighted by Crippen LogP contribution is 2.49. The van der Waals surface area contributed by atoms with Crippen molar-refractivity contribution in [2.24, 2.45) is 11.8 Å². The number of unbranched alkanes of at least 4 members (excludes halogenated alkanes) is 1. The summed E-state index contributed by atoms with van der Waals surface area (Å²) in [5.74, 6) is -5.22. The molecule has 0 radical (unpaired) electrons. The number of aliphatic hydroxyl groups is 2. The average molecular weight is 865 g/mol. The second-order valence-electron chi connectivity index (χ2n) is 16.7. The minimum atomic E-state index is -1.60. The van der Waals surface area contributed by atoms with Gasteiger partial charge in [-0.1, -0.05) is 24.3 Å². The molecule has 62 heavy (non-hydrogen) atoms. The van der Waals surface area contributed by atoms with Gasteiger partial charge in [0.1, 0.15) is 11.5 Å². The predicted molar refractivity (Wildman–Crippen MR) is 233 cm³/mol. The van der Waals surface area contributed by atoms with Crippen molar-refractivity contribution < 1.29 is 57.8 Å². The van der Waals surface area contributed by atoms with E-state index in [-0.39, 0.29) is 62.6 Å². The van der Waals surface area contributed by atoms with E-state index in [0.717, 1.165) is 0 Å². The quantitative estimate of drug-likeness (QED) is 0.0614. The molecule has 0 heterocycles. The molecule has 4 N–H and O–H groups in total. The number of rotatable bonds is 21. The van der Waals surface area contributed by atoms with Gasteiger partial charge >= 0.3 is 23.9 Å². The van der Waals surface area contributed by atoms with Crippen LogP contribution in [0.15, 0.2) is 71.1 Å². The highest BCUT2D eigenvalue weighted by molar-refractivity contribution is 5.94. The Bertz CT molecular complexity index is 1760. The van der Waals surface area contributed by atoms with Crippen molar-refractivity contribution in [2.45, 2.75) is 130 Å². The fourth-order valence-corrected chi connectivity index (χ4v) is 8.53. The lowest BCUT2D eigenvalue weighted by Crippen LogP contribution is -2.50. The first-order valence-corrected chi connectivity index (χ1v) is 22.0. The van der Waals surface area contributed by atoms with Crippen molar-refractivity contribution in [3.63, 3.8) is 0 Å². The predicted octanol–water partition coefficient (Wildman–Crippen LogP) is 6.39. The molecule has 0 saturated heterocycles. The van der Waals surface area contributed by atoms with Crippen LogP contribution in [-0.4, -0.2) is 97.0 Å². The van der Waals surface area contributed by atoms with Crippen LogP contribution in [0.1, 0.15) is 118 Å². The highest BCUT2D eigenvalue weighted by atomic mass is 16.5. The summed E-state index contributed by atoms with van der Waals surface area (Å²) in [4.78, 5) is 54.9. The van der Waals surface area contributed by atoms with Gasteiger partial charge in [-0.25, -0.2) is 9.59 Å². The van der Waals surface area contributed by atoms with Crippen molar-refractivity contribution >= 4 is 23.9 Å². The Morgan fingerprint density at radius 2 is 0.903 bits per heavy atom. The lowest BCUT2D eigenvalue weighted by Gasteiger charge is -2.43. The molecule has 342 valence electrons. The first-order valence-electron chi connectivity index (χ1n) is 22.0. The third-order valence-corrected chi connectivity index (χ3v) is 10.9. The number of carbonyl (C=O) groups is 4. The van der Waals surface area contributed by atoms with Crippen LogP contribution in [0, 0.1) is 11.8 Å². The van der Waals surface area contributed by atoms with E-state index in [4.69, 9.17) is 28.4 Å². The highest BCUT2D eigenvalue weighted by Gasteiger charge is 2.54. The molecule has 4 rings (SSSR count). The molecule has 0 aliphatic heterocycles. The van der Waals surface area contributed by atoms with Crippen molar-refractivity contribution in [1.82, 2.24) is 10.6 Å². The molecule has 0 fully saturated rings. The fraction of sp³-hybridized carbons (Fsp3) is 0.583. The number of carbonyl (C=O) groups excluding carboxylic acids is 4. The lowest BCUT2D eigenvalue weighted by molar-refractivity contribution is -0.161. The third kappa shape index (κ3) is 12.3. The minimum absolute atomic E-state index is 0.0353. The maximum absolute atomic E-state index is 13.8. The van der Waals surface area contributed by atoms with Gasteiger partial charge in [0.15, 0.2) is 0 Å². The fourth-order valence-electron chi connectivity index (χ4n) is 8.53. The van der Waals surface area contributed by atoms with Crippen LogP contribution in [0.4, 0.5) is 0 Å². The number of benzene rings is 2. The molecule has 0 amide bonds. The Labute approximate surface area is 366 Å². The second kappa shape index (κ2) is 22.3. The van der Waals surface area contributed by atoms with Crippen LogP contribution in [0.25, 0.3) is 0 Å². The van der Waals surface area contributed by atoms with Crippen LogP contribution in [0.3, 0.4) is 0 Å². The first-order chi connectivity index (χ1) is 29.4. The van der Waals surface area contributed by atoms with Gasteiger partial charge < -0.3 is 49.3 Å². The monoisotopic (exact) mass is 864 g/mol. The SMILES string of the molecule is CCOC(=O)C1=C(NCCCCNC2=C(C(=O)OCC)C(c3ccc(OC(C)C)cc3)C(C(=O)OCC)C(C)(O)C2)CC(C)(O)C(C(=O)OCC)C1c1ccc(OC(C)C)cc1. The molecule has 14 nitrogen and oxygen atoms in total.